The molecular formula is C29H35N9O2S. The number of pyridine rings is 1. The van der Waals surface area contributed by atoms with Crippen LogP contribution in [-0.4, -0.2) is 62.0 Å². The van der Waals surface area contributed by atoms with E-state index in [9.17, 15) is 8.42 Å². The minimum atomic E-state index is -3.68. The fraction of sp³-hybridized carbons (Fsp3) is 0.345. The molecule has 0 fully saturated rings. The van der Waals surface area contributed by atoms with Crippen LogP contribution in [0.25, 0.3) is 28.0 Å². The molecule has 0 amide bonds. The smallest absolute Gasteiger partial charge is 0.224 e. The molecule has 3 N–H and O–H groups in total. The number of sulfone groups is 1. The predicted molar refractivity (Wildman–Crippen MR) is 160 cm³/mol. The quantitative estimate of drug-likeness (QED) is 0.233. The van der Waals surface area contributed by atoms with Gasteiger partial charge in [0.2, 0.25) is 5.95 Å². The normalized spacial score (nSPS) is 12.6. The molecule has 5 aromatic rings. The highest BCUT2D eigenvalue weighted by atomic mass is 32.2. The molecule has 0 saturated heterocycles. The number of nitrogens with two attached hydrogens (primary N) is 1. The molecule has 0 saturated carbocycles. The lowest BCUT2D eigenvalue weighted by Crippen LogP contribution is -2.37. The van der Waals surface area contributed by atoms with Crippen molar-refractivity contribution < 1.29 is 8.42 Å². The van der Waals surface area contributed by atoms with Gasteiger partial charge in [0.25, 0.3) is 0 Å². The molecule has 0 aliphatic rings. The van der Waals surface area contributed by atoms with Crippen molar-refractivity contribution in [3.05, 3.63) is 66.4 Å². The number of aromatic nitrogens is 7. The molecule has 0 spiro atoms. The Morgan fingerprint density at radius 3 is 2.44 bits per heavy atom. The van der Waals surface area contributed by atoms with Gasteiger partial charge in [-0.25, -0.2) is 13.4 Å². The van der Waals surface area contributed by atoms with Crippen molar-refractivity contribution in [2.75, 3.05) is 23.4 Å². The monoisotopic (exact) mass is 573 g/mol. The van der Waals surface area contributed by atoms with E-state index in [1.54, 1.807) is 12.4 Å². The van der Waals surface area contributed by atoms with Gasteiger partial charge in [0.15, 0.2) is 15.5 Å². The van der Waals surface area contributed by atoms with E-state index >= 15 is 0 Å². The number of fused-ring (bicyclic) bond motifs is 1. The van der Waals surface area contributed by atoms with Gasteiger partial charge in [0, 0.05) is 41.7 Å². The molecule has 12 heteroatoms. The number of H-pyrrole nitrogens is 1. The van der Waals surface area contributed by atoms with Gasteiger partial charge in [-0.05, 0) is 38.7 Å². The summed E-state index contributed by atoms with van der Waals surface area (Å²) in [5.41, 5.74) is 10.8. The number of hydrogen-bond donors (Lipinski definition) is 2. The Labute approximate surface area is 239 Å². The van der Waals surface area contributed by atoms with Gasteiger partial charge in [-0.2, -0.15) is 9.61 Å². The van der Waals surface area contributed by atoms with Gasteiger partial charge in [-0.3, -0.25) is 4.98 Å². The number of nitrogens with one attached hydrogen (secondary N) is 1. The number of nitrogen functional groups attached to an aromatic ring is 1. The van der Waals surface area contributed by atoms with Gasteiger partial charge >= 0.3 is 0 Å². The molecule has 11 nitrogen and oxygen atoms in total. The number of nitrogens with zero attached hydrogens (tertiary/aromatic N) is 7. The van der Waals surface area contributed by atoms with E-state index in [-0.39, 0.29) is 16.8 Å². The van der Waals surface area contributed by atoms with Crippen molar-refractivity contribution >= 4 is 27.3 Å². The fourth-order valence-electron chi connectivity index (χ4n) is 5.21. The first-order valence-corrected chi connectivity index (χ1v) is 15.6. The zero-order valence-electron chi connectivity index (χ0n) is 23.7. The number of aromatic amines is 1. The zero-order valence-corrected chi connectivity index (χ0v) is 24.6. The van der Waals surface area contributed by atoms with Crippen LogP contribution in [-0.2, 0) is 16.3 Å². The molecule has 1 aromatic carbocycles. The van der Waals surface area contributed by atoms with Crippen molar-refractivity contribution in [1.29, 1.82) is 0 Å². The maximum atomic E-state index is 12.9. The summed E-state index contributed by atoms with van der Waals surface area (Å²) in [5, 5.41) is 12.8. The van der Waals surface area contributed by atoms with E-state index < -0.39 is 9.84 Å². The average molecular weight is 574 g/mol. The van der Waals surface area contributed by atoms with Crippen molar-refractivity contribution in [3.63, 3.8) is 0 Å². The SMILES string of the molecule is CCCN(c1nnc(C)[nH]1)[C@H](CC)CCc1nc2c(-c3ccc(-c4ccccc4)nc3)cnn2c(N)c1S(C)(=O)=O. The van der Waals surface area contributed by atoms with E-state index in [1.165, 1.54) is 4.52 Å². The van der Waals surface area contributed by atoms with Crippen LogP contribution in [0, 0.1) is 6.92 Å². The zero-order chi connectivity index (χ0) is 29.1. The third kappa shape index (κ3) is 5.78. The molecule has 0 aliphatic carbocycles. The summed E-state index contributed by atoms with van der Waals surface area (Å²) in [6.07, 6.45) is 7.41. The molecular weight excluding hydrogens is 538 g/mol. The van der Waals surface area contributed by atoms with Crippen LogP contribution < -0.4 is 10.6 Å². The molecule has 0 radical (unpaired) electrons. The van der Waals surface area contributed by atoms with Crippen LogP contribution in [0.3, 0.4) is 0 Å². The number of rotatable bonds is 11. The highest BCUT2D eigenvalue weighted by Crippen LogP contribution is 2.31. The molecule has 5 rings (SSSR count). The summed E-state index contributed by atoms with van der Waals surface area (Å²) in [5.74, 6) is 1.51. The third-order valence-corrected chi connectivity index (χ3v) is 8.36. The lowest BCUT2D eigenvalue weighted by atomic mass is 10.0. The summed E-state index contributed by atoms with van der Waals surface area (Å²) < 4.78 is 27.3. The van der Waals surface area contributed by atoms with Crippen LogP contribution in [0.15, 0.2) is 59.8 Å². The van der Waals surface area contributed by atoms with Crippen molar-refractivity contribution in [2.24, 2.45) is 0 Å². The molecule has 214 valence electrons. The van der Waals surface area contributed by atoms with Crippen molar-refractivity contribution in [3.8, 4) is 22.4 Å². The first-order chi connectivity index (χ1) is 19.7. The van der Waals surface area contributed by atoms with Gasteiger partial charge in [0.05, 0.1) is 17.6 Å². The standard InChI is InChI=1S/C29H35N9O2S/c1-5-16-37(29-33-19(3)35-36-29)22(6-2)13-15-25-26(41(4,39)40)27(30)38-28(34-25)23(18-32-38)21-12-14-24(31-17-21)20-10-8-7-9-11-20/h7-12,14,17-18,22H,5-6,13,15-16,30H2,1-4H3,(H,33,35,36)/t22-/m1/s1. The van der Waals surface area contributed by atoms with Crippen LogP contribution >= 0.6 is 0 Å². The van der Waals surface area contributed by atoms with E-state index in [1.807, 2.05) is 49.4 Å². The van der Waals surface area contributed by atoms with E-state index in [2.05, 4.69) is 44.0 Å². The van der Waals surface area contributed by atoms with Crippen LogP contribution in [0.2, 0.25) is 0 Å². The molecule has 0 unspecified atom stereocenters. The average Bonchev–Trinajstić information content (AvgIpc) is 3.59. The minimum absolute atomic E-state index is 0.0182. The maximum Gasteiger partial charge on any atom is 0.224 e. The Hall–Kier alpha value is -4.32. The second-order valence-electron chi connectivity index (χ2n) is 10.2. The third-order valence-electron chi connectivity index (χ3n) is 7.17. The second-order valence-corrected chi connectivity index (χ2v) is 12.1. The Kier molecular flexibility index (Phi) is 8.02. The predicted octanol–water partition coefficient (Wildman–Crippen LogP) is 4.50. The van der Waals surface area contributed by atoms with Crippen LogP contribution in [0.5, 0.6) is 0 Å². The maximum absolute atomic E-state index is 12.9. The Balaban J connectivity index is 1.52. The molecule has 0 aliphatic heterocycles. The largest absolute Gasteiger partial charge is 0.382 e. The summed E-state index contributed by atoms with van der Waals surface area (Å²) in [6.45, 7) is 6.89. The Morgan fingerprint density at radius 1 is 1.05 bits per heavy atom. The summed E-state index contributed by atoms with van der Waals surface area (Å²) >= 11 is 0. The van der Waals surface area contributed by atoms with E-state index in [4.69, 9.17) is 10.7 Å². The molecule has 1 atom stereocenters. The highest BCUT2D eigenvalue weighted by molar-refractivity contribution is 7.91. The molecule has 0 bridgehead atoms. The number of hydrogen-bond acceptors (Lipinski definition) is 9. The number of anilines is 2. The highest BCUT2D eigenvalue weighted by Gasteiger charge is 2.26. The van der Waals surface area contributed by atoms with Gasteiger partial charge < -0.3 is 15.6 Å². The molecule has 4 aromatic heterocycles. The van der Waals surface area contributed by atoms with Gasteiger partial charge in [-0.1, -0.05) is 50.2 Å². The lowest BCUT2D eigenvalue weighted by Gasteiger charge is -2.30. The molecule has 4 heterocycles. The second kappa shape index (κ2) is 11.7. The van der Waals surface area contributed by atoms with E-state index in [0.29, 0.717) is 30.1 Å². The first kappa shape index (κ1) is 28.2. The first-order valence-electron chi connectivity index (χ1n) is 13.7. The summed E-state index contributed by atoms with van der Waals surface area (Å²) in [6, 6.07) is 13.9. The van der Waals surface area contributed by atoms with Gasteiger partial charge in [0.1, 0.15) is 16.5 Å². The fourth-order valence-corrected chi connectivity index (χ4v) is 6.25. The summed E-state index contributed by atoms with van der Waals surface area (Å²) in [7, 11) is -3.68. The lowest BCUT2D eigenvalue weighted by molar-refractivity contribution is 0.517. The van der Waals surface area contributed by atoms with Crippen LogP contribution in [0.1, 0.15) is 44.6 Å². The number of aryl methyl sites for hydroxylation is 2. The molecule has 41 heavy (non-hydrogen) atoms. The Bertz CT molecular complexity index is 1750. The van der Waals surface area contributed by atoms with Crippen LogP contribution in [0.4, 0.5) is 11.8 Å². The topological polar surface area (TPSA) is 148 Å². The van der Waals surface area contributed by atoms with Crippen molar-refractivity contribution in [2.45, 2.75) is 57.4 Å². The summed E-state index contributed by atoms with van der Waals surface area (Å²) in [4.78, 5) is 15.0. The van der Waals surface area contributed by atoms with E-state index in [0.717, 1.165) is 53.9 Å². The minimum Gasteiger partial charge on any atom is -0.382 e. The van der Waals surface area contributed by atoms with Gasteiger partial charge in [-0.15, -0.1) is 10.2 Å². The number of benzene rings is 1. The van der Waals surface area contributed by atoms with Crippen molar-refractivity contribution in [1.82, 2.24) is 34.8 Å². The Morgan fingerprint density at radius 2 is 1.83 bits per heavy atom.